The average molecular weight is 342 g/mol. The lowest BCUT2D eigenvalue weighted by Crippen LogP contribution is -2.58. The van der Waals surface area contributed by atoms with Crippen molar-refractivity contribution in [2.45, 2.75) is 57.5 Å². The zero-order valence-corrected chi connectivity index (χ0v) is 14.1. The van der Waals surface area contributed by atoms with Crippen molar-refractivity contribution < 1.29 is 27.8 Å². The minimum atomic E-state index is -3.59. The summed E-state index contributed by atoms with van der Waals surface area (Å²) in [4.78, 5) is 23.4. The molecule has 0 aromatic carbocycles. The van der Waals surface area contributed by atoms with Gasteiger partial charge in [0.05, 0.1) is 5.57 Å². The third kappa shape index (κ3) is 3.07. The molecule has 0 spiro atoms. The second-order valence-corrected chi connectivity index (χ2v) is 7.95. The van der Waals surface area contributed by atoms with Crippen LogP contribution in [0, 0.1) is 23.7 Å². The molecule has 134 valence electrons. The normalized spacial score (nSPS) is 37.2. The van der Waals surface area contributed by atoms with Crippen LogP contribution in [-0.2, 0) is 19.1 Å². The van der Waals surface area contributed by atoms with E-state index in [-0.39, 0.29) is 5.57 Å². The average Bonchev–Trinajstić information content (AvgIpc) is 2.48. The van der Waals surface area contributed by atoms with Crippen LogP contribution >= 0.6 is 0 Å². The lowest BCUT2D eigenvalue weighted by Gasteiger charge is -2.59. The van der Waals surface area contributed by atoms with Crippen LogP contribution < -0.4 is 0 Å². The fourth-order valence-corrected chi connectivity index (χ4v) is 4.90. The molecule has 0 aliphatic heterocycles. The molecule has 4 rings (SSSR count). The first-order valence-corrected chi connectivity index (χ1v) is 8.55. The Kier molecular flexibility index (Phi) is 4.21. The quantitative estimate of drug-likeness (QED) is 0.567. The van der Waals surface area contributed by atoms with Crippen LogP contribution in [0.4, 0.5) is 8.78 Å². The van der Waals surface area contributed by atoms with Crippen molar-refractivity contribution in [3.8, 4) is 0 Å². The highest BCUT2D eigenvalue weighted by Gasteiger charge is 2.57. The predicted molar refractivity (Wildman–Crippen MR) is 82.3 cm³/mol. The van der Waals surface area contributed by atoms with Crippen molar-refractivity contribution in [2.24, 2.45) is 23.7 Å². The van der Waals surface area contributed by atoms with E-state index in [0.717, 1.165) is 37.5 Å². The van der Waals surface area contributed by atoms with Crippen molar-refractivity contribution in [3.05, 3.63) is 12.2 Å². The van der Waals surface area contributed by atoms with Crippen LogP contribution in [-0.4, -0.2) is 30.1 Å². The molecule has 0 unspecified atom stereocenters. The molecule has 24 heavy (non-hydrogen) atoms. The highest BCUT2D eigenvalue weighted by Crippen LogP contribution is 2.59. The third-order valence-corrected chi connectivity index (χ3v) is 6.10. The molecule has 4 fully saturated rings. The lowest BCUT2D eigenvalue weighted by molar-refractivity contribution is -0.200. The van der Waals surface area contributed by atoms with E-state index in [2.05, 4.69) is 11.3 Å². The lowest BCUT2D eigenvalue weighted by atomic mass is 9.50. The van der Waals surface area contributed by atoms with Gasteiger partial charge in [-0.2, -0.15) is 8.78 Å². The highest BCUT2D eigenvalue weighted by atomic mass is 19.3. The number of halogens is 2. The van der Waals surface area contributed by atoms with Crippen molar-refractivity contribution in [2.75, 3.05) is 6.61 Å². The standard InChI is InChI=1S/C18H24F2O4/c1-10(9-23-16(22)18(3,19)20)15(21)24-17(2)13-5-11-4-12(7-13)8-14(17)6-11/h11-14H,1,4-9H2,2-3H3. The van der Waals surface area contributed by atoms with Crippen LogP contribution in [0.2, 0.25) is 0 Å². The molecule has 4 nitrogen and oxygen atoms in total. The molecule has 0 heterocycles. The van der Waals surface area contributed by atoms with E-state index < -0.39 is 30.1 Å². The van der Waals surface area contributed by atoms with Gasteiger partial charge in [-0.15, -0.1) is 0 Å². The predicted octanol–water partition coefficient (Wildman–Crippen LogP) is 3.50. The first-order chi connectivity index (χ1) is 11.1. The summed E-state index contributed by atoms with van der Waals surface area (Å²) in [5.41, 5.74) is -0.630. The fraction of sp³-hybridized carbons (Fsp3) is 0.778. The first-order valence-electron chi connectivity index (χ1n) is 8.55. The van der Waals surface area contributed by atoms with Gasteiger partial charge in [0.15, 0.2) is 0 Å². The van der Waals surface area contributed by atoms with Gasteiger partial charge in [-0.05, 0) is 62.7 Å². The zero-order chi connectivity index (χ0) is 17.7. The molecule has 4 aliphatic rings. The van der Waals surface area contributed by atoms with Gasteiger partial charge in [0.2, 0.25) is 0 Å². The Morgan fingerprint density at radius 2 is 1.62 bits per heavy atom. The molecule has 4 aliphatic carbocycles. The van der Waals surface area contributed by atoms with E-state index in [1.807, 2.05) is 6.92 Å². The first kappa shape index (κ1) is 17.4. The second kappa shape index (κ2) is 5.81. The summed E-state index contributed by atoms with van der Waals surface area (Å²) in [5, 5.41) is 0. The highest BCUT2D eigenvalue weighted by molar-refractivity contribution is 5.89. The van der Waals surface area contributed by atoms with Crippen LogP contribution in [0.15, 0.2) is 12.2 Å². The Morgan fingerprint density at radius 1 is 1.12 bits per heavy atom. The largest absolute Gasteiger partial charge is 0.456 e. The molecule has 0 atom stereocenters. The maximum atomic E-state index is 12.8. The van der Waals surface area contributed by atoms with Crippen molar-refractivity contribution in [1.29, 1.82) is 0 Å². The molecular formula is C18H24F2O4. The van der Waals surface area contributed by atoms with E-state index in [1.54, 1.807) is 0 Å². The van der Waals surface area contributed by atoms with Crippen molar-refractivity contribution >= 4 is 11.9 Å². The van der Waals surface area contributed by atoms with Gasteiger partial charge in [0, 0.05) is 6.92 Å². The molecule has 0 aromatic heterocycles. The van der Waals surface area contributed by atoms with Crippen LogP contribution in [0.25, 0.3) is 0 Å². The zero-order valence-electron chi connectivity index (χ0n) is 14.1. The number of ether oxygens (including phenoxy) is 2. The minimum absolute atomic E-state index is 0.109. The van der Waals surface area contributed by atoms with Crippen LogP contribution in [0.3, 0.4) is 0 Å². The molecule has 0 aromatic rings. The SMILES string of the molecule is C=C(COC(=O)C(C)(F)F)C(=O)OC1(C)C2CC3CC(C2)CC1C3. The van der Waals surface area contributed by atoms with E-state index in [4.69, 9.17) is 4.74 Å². The Morgan fingerprint density at radius 3 is 2.08 bits per heavy atom. The second-order valence-electron chi connectivity index (χ2n) is 7.95. The third-order valence-electron chi connectivity index (χ3n) is 6.10. The van der Waals surface area contributed by atoms with E-state index >= 15 is 0 Å². The number of carbonyl (C=O) groups excluding carboxylic acids is 2. The summed E-state index contributed by atoms with van der Waals surface area (Å²) in [7, 11) is 0. The monoisotopic (exact) mass is 342 g/mol. The summed E-state index contributed by atoms with van der Waals surface area (Å²) < 4.78 is 35.8. The smallest absolute Gasteiger partial charge is 0.377 e. The van der Waals surface area contributed by atoms with Gasteiger partial charge < -0.3 is 9.47 Å². The van der Waals surface area contributed by atoms with Gasteiger partial charge >= 0.3 is 17.9 Å². The molecule has 4 saturated carbocycles. The number of hydrogen-bond acceptors (Lipinski definition) is 4. The number of carbonyl (C=O) groups is 2. The number of rotatable bonds is 5. The fourth-order valence-electron chi connectivity index (χ4n) is 4.90. The number of hydrogen-bond donors (Lipinski definition) is 0. The molecule has 0 amide bonds. The maximum absolute atomic E-state index is 12.8. The van der Waals surface area contributed by atoms with Gasteiger partial charge in [-0.1, -0.05) is 6.58 Å². The molecule has 0 N–H and O–H groups in total. The molecule has 6 heteroatoms. The summed E-state index contributed by atoms with van der Waals surface area (Å²) in [6, 6.07) is 0. The van der Waals surface area contributed by atoms with Gasteiger partial charge in [0.1, 0.15) is 12.2 Å². The topological polar surface area (TPSA) is 52.6 Å². The Hall–Kier alpha value is -1.46. The number of esters is 2. The summed E-state index contributed by atoms with van der Waals surface area (Å²) in [6.07, 6.45) is 5.63. The van der Waals surface area contributed by atoms with Gasteiger partial charge in [-0.25, -0.2) is 9.59 Å². The van der Waals surface area contributed by atoms with E-state index in [0.29, 0.717) is 18.8 Å². The number of alkyl halides is 2. The Balaban J connectivity index is 1.58. The Bertz CT molecular complexity index is 536. The van der Waals surface area contributed by atoms with Crippen molar-refractivity contribution in [1.82, 2.24) is 0 Å². The molecule has 0 radical (unpaired) electrons. The maximum Gasteiger partial charge on any atom is 0.377 e. The molecule has 4 bridgehead atoms. The summed E-state index contributed by atoms with van der Waals surface area (Å²) in [6.45, 7) is 5.39. The molecule has 0 saturated heterocycles. The van der Waals surface area contributed by atoms with Gasteiger partial charge in [0.25, 0.3) is 0 Å². The van der Waals surface area contributed by atoms with Gasteiger partial charge in [-0.3, -0.25) is 0 Å². The Labute approximate surface area is 140 Å². The van der Waals surface area contributed by atoms with Crippen LogP contribution in [0.5, 0.6) is 0 Å². The minimum Gasteiger partial charge on any atom is -0.456 e. The summed E-state index contributed by atoms with van der Waals surface area (Å²) >= 11 is 0. The van der Waals surface area contributed by atoms with E-state index in [9.17, 15) is 18.4 Å². The summed E-state index contributed by atoms with van der Waals surface area (Å²) in [5.74, 6) is -3.71. The molecular weight excluding hydrogens is 318 g/mol. The van der Waals surface area contributed by atoms with E-state index in [1.165, 1.54) is 6.42 Å². The van der Waals surface area contributed by atoms with Crippen LogP contribution in [0.1, 0.15) is 46.0 Å². The van der Waals surface area contributed by atoms with Crippen molar-refractivity contribution in [3.63, 3.8) is 0 Å².